The summed E-state index contributed by atoms with van der Waals surface area (Å²) in [6.45, 7) is 4.15. The highest BCUT2D eigenvalue weighted by atomic mass is 32.2. The van der Waals surface area contributed by atoms with Crippen molar-refractivity contribution in [1.29, 1.82) is 0 Å². The van der Waals surface area contributed by atoms with Crippen LogP contribution in [0.1, 0.15) is 20.3 Å². The van der Waals surface area contributed by atoms with E-state index in [0.717, 1.165) is 17.3 Å². The smallest absolute Gasteiger partial charge is 0.156 e. The molecule has 1 aliphatic rings. The third-order valence-electron chi connectivity index (χ3n) is 2.26. The van der Waals surface area contributed by atoms with Crippen LogP contribution in [0.4, 0.5) is 0 Å². The topological polar surface area (TPSA) is 58.5 Å². The summed E-state index contributed by atoms with van der Waals surface area (Å²) in [5.74, 6) is 1.42. The van der Waals surface area contributed by atoms with Crippen LogP contribution in [-0.2, 0) is 9.84 Å². The van der Waals surface area contributed by atoms with Gasteiger partial charge < -0.3 is 5.32 Å². The van der Waals surface area contributed by atoms with Gasteiger partial charge in [-0.15, -0.1) is 0 Å². The fraction of sp³-hybridized carbons (Fsp3) is 0.889. The summed E-state index contributed by atoms with van der Waals surface area (Å²) in [7, 11) is -2.88. The molecule has 1 atom stereocenters. The maximum Gasteiger partial charge on any atom is 0.156 e. The molecule has 1 saturated heterocycles. The Bertz CT molecular complexity index is 325. The Morgan fingerprint density at radius 2 is 2.33 bits per heavy atom. The van der Waals surface area contributed by atoms with E-state index in [1.165, 1.54) is 0 Å². The van der Waals surface area contributed by atoms with Gasteiger partial charge in [0.1, 0.15) is 0 Å². The lowest BCUT2D eigenvalue weighted by Gasteiger charge is -2.21. The van der Waals surface area contributed by atoms with Crippen LogP contribution in [0.25, 0.3) is 0 Å². The molecule has 1 aliphatic heterocycles. The molecule has 6 heteroatoms. The lowest BCUT2D eigenvalue weighted by atomic mass is 10.3. The summed E-state index contributed by atoms with van der Waals surface area (Å²) in [5.41, 5.74) is 0. The van der Waals surface area contributed by atoms with Crippen LogP contribution in [0.15, 0.2) is 4.99 Å². The molecule has 0 amide bonds. The summed E-state index contributed by atoms with van der Waals surface area (Å²) in [6, 6.07) is 0.452. The van der Waals surface area contributed by atoms with Crippen LogP contribution in [0.5, 0.6) is 0 Å². The first-order chi connectivity index (χ1) is 7.03. The molecular formula is C9H18N2O2S2. The van der Waals surface area contributed by atoms with Gasteiger partial charge in [0.05, 0.1) is 12.3 Å². The molecule has 1 heterocycles. The van der Waals surface area contributed by atoms with Crippen LogP contribution in [0, 0.1) is 0 Å². The van der Waals surface area contributed by atoms with Crippen molar-refractivity contribution in [1.82, 2.24) is 5.32 Å². The lowest BCUT2D eigenvalue weighted by molar-refractivity contribution is 0.597. The minimum atomic E-state index is -2.88. The van der Waals surface area contributed by atoms with Crippen molar-refractivity contribution in [3.8, 4) is 0 Å². The molecule has 0 aromatic carbocycles. The quantitative estimate of drug-likeness (QED) is 0.805. The van der Waals surface area contributed by atoms with Crippen molar-refractivity contribution in [3.63, 3.8) is 0 Å². The second kappa shape index (κ2) is 5.75. The molecule has 15 heavy (non-hydrogen) atoms. The first kappa shape index (κ1) is 12.8. The van der Waals surface area contributed by atoms with Crippen LogP contribution in [0.3, 0.4) is 0 Å². The average Bonchev–Trinajstić information content (AvgIpc) is 2.18. The molecule has 0 radical (unpaired) electrons. The zero-order valence-electron chi connectivity index (χ0n) is 9.19. The third-order valence-corrected chi connectivity index (χ3v) is 4.90. The normalized spacial score (nSPS) is 25.2. The molecule has 0 aliphatic carbocycles. The van der Waals surface area contributed by atoms with Gasteiger partial charge in [-0.25, -0.2) is 8.42 Å². The Morgan fingerprint density at radius 3 is 2.93 bits per heavy atom. The van der Waals surface area contributed by atoms with E-state index in [9.17, 15) is 8.42 Å². The van der Waals surface area contributed by atoms with Gasteiger partial charge >= 0.3 is 0 Å². The Morgan fingerprint density at radius 1 is 1.60 bits per heavy atom. The van der Waals surface area contributed by atoms with E-state index in [-0.39, 0.29) is 11.5 Å². The maximum absolute atomic E-state index is 11.2. The summed E-state index contributed by atoms with van der Waals surface area (Å²) in [6.07, 6.45) is 1.14. The molecule has 4 nitrogen and oxygen atoms in total. The number of nitrogens with zero attached hydrogens (tertiary/aromatic N) is 1. The Hall–Kier alpha value is -0.230. The van der Waals surface area contributed by atoms with Crippen LogP contribution < -0.4 is 5.32 Å². The van der Waals surface area contributed by atoms with Crippen molar-refractivity contribution in [2.24, 2.45) is 4.99 Å². The van der Waals surface area contributed by atoms with Gasteiger partial charge in [0.2, 0.25) is 0 Å². The van der Waals surface area contributed by atoms with Crippen LogP contribution in [-0.4, -0.2) is 43.4 Å². The second-order valence-corrected chi connectivity index (χ2v) is 7.16. The molecule has 0 aromatic rings. The van der Waals surface area contributed by atoms with E-state index in [4.69, 9.17) is 0 Å². The van der Waals surface area contributed by atoms with Crippen molar-refractivity contribution in [3.05, 3.63) is 0 Å². The number of rotatable bonds is 4. The number of sulfone groups is 1. The van der Waals surface area contributed by atoms with Gasteiger partial charge in [-0.3, -0.25) is 4.99 Å². The molecule has 1 unspecified atom stereocenters. The zero-order chi connectivity index (χ0) is 11.3. The standard InChI is InChI=1S/C9H18N2O2S2/c1-3-15(12,13)7-5-10-9-11-8(2)4-6-14-9/h8H,3-7H2,1-2H3,(H,10,11). The highest BCUT2D eigenvalue weighted by Crippen LogP contribution is 2.13. The fourth-order valence-electron chi connectivity index (χ4n) is 1.18. The summed E-state index contributed by atoms with van der Waals surface area (Å²) in [4.78, 5) is 4.26. The molecular weight excluding hydrogens is 232 g/mol. The van der Waals surface area contributed by atoms with E-state index in [1.54, 1.807) is 18.7 Å². The molecule has 1 rings (SSSR count). The number of nitrogens with one attached hydrogen (secondary N) is 1. The van der Waals surface area contributed by atoms with E-state index in [2.05, 4.69) is 17.2 Å². The number of hydrogen-bond donors (Lipinski definition) is 1. The molecule has 0 saturated carbocycles. The van der Waals surface area contributed by atoms with Gasteiger partial charge in [0.15, 0.2) is 15.0 Å². The van der Waals surface area contributed by atoms with Gasteiger partial charge in [-0.2, -0.15) is 0 Å². The van der Waals surface area contributed by atoms with Crippen LogP contribution in [0.2, 0.25) is 0 Å². The summed E-state index contributed by atoms with van der Waals surface area (Å²) < 4.78 is 22.4. The SMILES string of the molecule is CCS(=O)(=O)CCN=C1NC(C)CCS1. The lowest BCUT2D eigenvalue weighted by Crippen LogP contribution is -2.35. The minimum absolute atomic E-state index is 0.156. The number of hydrogen-bond acceptors (Lipinski definition) is 4. The Balaban J connectivity index is 2.38. The molecule has 1 N–H and O–H groups in total. The monoisotopic (exact) mass is 250 g/mol. The Kier molecular flexibility index (Phi) is 4.92. The summed E-state index contributed by atoms with van der Waals surface area (Å²) >= 11 is 1.67. The summed E-state index contributed by atoms with van der Waals surface area (Å²) in [5, 5.41) is 4.13. The van der Waals surface area contributed by atoms with E-state index >= 15 is 0 Å². The molecule has 0 aromatic heterocycles. The van der Waals surface area contributed by atoms with Crippen molar-refractivity contribution in [2.75, 3.05) is 23.8 Å². The predicted molar refractivity (Wildman–Crippen MR) is 66.3 cm³/mol. The van der Waals surface area contributed by atoms with E-state index in [1.807, 2.05) is 0 Å². The number of amidine groups is 1. The third kappa shape index (κ3) is 4.88. The van der Waals surface area contributed by atoms with Gasteiger partial charge in [-0.05, 0) is 13.3 Å². The molecule has 0 spiro atoms. The maximum atomic E-state index is 11.2. The average molecular weight is 250 g/mol. The van der Waals surface area contributed by atoms with E-state index < -0.39 is 9.84 Å². The highest BCUT2D eigenvalue weighted by Gasteiger charge is 2.13. The Labute approximate surface area is 95.8 Å². The minimum Gasteiger partial charge on any atom is -0.362 e. The predicted octanol–water partition coefficient (Wildman–Crippen LogP) is 0.892. The highest BCUT2D eigenvalue weighted by molar-refractivity contribution is 8.13. The molecule has 88 valence electrons. The fourth-order valence-corrected chi connectivity index (χ4v) is 2.97. The first-order valence-corrected chi connectivity index (χ1v) is 7.98. The zero-order valence-corrected chi connectivity index (χ0v) is 10.8. The van der Waals surface area contributed by atoms with Crippen molar-refractivity contribution in [2.45, 2.75) is 26.3 Å². The van der Waals surface area contributed by atoms with Gasteiger partial charge in [0.25, 0.3) is 0 Å². The van der Waals surface area contributed by atoms with Crippen molar-refractivity contribution < 1.29 is 8.42 Å². The van der Waals surface area contributed by atoms with Crippen molar-refractivity contribution >= 4 is 26.8 Å². The molecule has 1 fully saturated rings. The van der Waals surface area contributed by atoms with E-state index in [0.29, 0.717) is 12.6 Å². The number of thioether (sulfide) groups is 1. The largest absolute Gasteiger partial charge is 0.362 e. The van der Waals surface area contributed by atoms with Crippen LogP contribution >= 0.6 is 11.8 Å². The second-order valence-electron chi connectivity index (χ2n) is 3.61. The first-order valence-electron chi connectivity index (χ1n) is 5.17. The molecule has 0 bridgehead atoms. The van der Waals surface area contributed by atoms with Gasteiger partial charge in [-0.1, -0.05) is 18.7 Å². The van der Waals surface area contributed by atoms with Gasteiger partial charge in [0, 0.05) is 17.5 Å². The number of aliphatic imine (C=N–C) groups is 1.